The van der Waals surface area contributed by atoms with Crippen LogP contribution in [0.4, 0.5) is 0 Å². The molecule has 0 spiro atoms. The standard InChI is InChI=1S/C20H24O2/c1-3-13-5-7-17-16-6-4-14-12-15(21)8-11-20(14,22)18(16)9-10-19(13,17)2/h1,5,12,16-18,22H,4,6-11H2,2H3/t16-,17-,18-,19+,20+/m0/s1. The second-order valence-electron chi connectivity index (χ2n) is 7.93. The number of hydrogen-bond donors (Lipinski definition) is 1. The number of ketones is 1. The first-order valence-electron chi connectivity index (χ1n) is 8.62. The van der Waals surface area contributed by atoms with Gasteiger partial charge in [0.25, 0.3) is 0 Å². The Balaban J connectivity index is 1.69. The van der Waals surface area contributed by atoms with Crippen LogP contribution in [0.3, 0.4) is 0 Å². The number of carbonyl (C=O) groups is 1. The number of fused-ring (bicyclic) bond motifs is 5. The Morgan fingerprint density at radius 3 is 2.86 bits per heavy atom. The van der Waals surface area contributed by atoms with Crippen molar-refractivity contribution in [2.75, 3.05) is 0 Å². The second kappa shape index (κ2) is 4.59. The molecule has 0 bridgehead atoms. The van der Waals surface area contributed by atoms with E-state index in [1.54, 1.807) is 6.08 Å². The Labute approximate surface area is 132 Å². The molecule has 0 heterocycles. The lowest BCUT2D eigenvalue weighted by molar-refractivity contribution is -0.124. The molecule has 0 amide bonds. The SMILES string of the molecule is C#CC1=CC[C@H]2[C@@H]3CCC4=CC(=O)CC[C@]4(O)[C@H]3CC[C@]12C. The summed E-state index contributed by atoms with van der Waals surface area (Å²) in [4.78, 5) is 11.7. The summed E-state index contributed by atoms with van der Waals surface area (Å²) in [7, 11) is 0. The molecule has 0 unspecified atom stereocenters. The fraction of sp³-hybridized carbons (Fsp3) is 0.650. The number of hydrogen-bond acceptors (Lipinski definition) is 2. The zero-order chi connectivity index (χ0) is 15.5. The van der Waals surface area contributed by atoms with Crippen LogP contribution in [0.25, 0.3) is 0 Å². The van der Waals surface area contributed by atoms with Crippen LogP contribution in [0.15, 0.2) is 23.3 Å². The van der Waals surface area contributed by atoms with E-state index in [2.05, 4.69) is 18.9 Å². The molecule has 4 rings (SSSR count). The molecule has 0 saturated heterocycles. The van der Waals surface area contributed by atoms with E-state index in [0.29, 0.717) is 30.6 Å². The maximum absolute atomic E-state index is 11.7. The Kier molecular flexibility index (Phi) is 2.97. The molecular formula is C20H24O2. The highest BCUT2D eigenvalue weighted by molar-refractivity contribution is 5.92. The number of allylic oxidation sites excluding steroid dienone is 3. The second-order valence-corrected chi connectivity index (χ2v) is 7.93. The molecule has 0 aromatic carbocycles. The van der Waals surface area contributed by atoms with Gasteiger partial charge in [0.05, 0.1) is 5.60 Å². The molecule has 4 aliphatic carbocycles. The van der Waals surface area contributed by atoms with Gasteiger partial charge in [-0.05, 0) is 67.9 Å². The van der Waals surface area contributed by atoms with E-state index in [0.717, 1.165) is 37.7 Å². The minimum absolute atomic E-state index is 0.137. The first kappa shape index (κ1) is 14.3. The average Bonchev–Trinajstić information content (AvgIpc) is 2.84. The van der Waals surface area contributed by atoms with Crippen molar-refractivity contribution in [2.45, 2.75) is 57.5 Å². The molecule has 1 N–H and O–H groups in total. The van der Waals surface area contributed by atoms with Crippen molar-refractivity contribution in [1.29, 1.82) is 0 Å². The summed E-state index contributed by atoms with van der Waals surface area (Å²) in [6.45, 7) is 2.33. The topological polar surface area (TPSA) is 37.3 Å². The normalized spacial score (nSPS) is 46.8. The zero-order valence-corrected chi connectivity index (χ0v) is 13.3. The van der Waals surface area contributed by atoms with Crippen LogP contribution in [0, 0.1) is 35.5 Å². The first-order valence-corrected chi connectivity index (χ1v) is 8.62. The molecule has 0 radical (unpaired) electrons. The van der Waals surface area contributed by atoms with Crippen LogP contribution in [0.2, 0.25) is 0 Å². The molecule has 22 heavy (non-hydrogen) atoms. The van der Waals surface area contributed by atoms with E-state index < -0.39 is 5.60 Å². The minimum Gasteiger partial charge on any atom is -0.385 e. The maximum Gasteiger partial charge on any atom is 0.155 e. The van der Waals surface area contributed by atoms with Crippen molar-refractivity contribution in [3.05, 3.63) is 23.3 Å². The molecule has 4 aliphatic rings. The highest BCUT2D eigenvalue weighted by atomic mass is 16.3. The molecule has 2 nitrogen and oxygen atoms in total. The third kappa shape index (κ3) is 1.69. The van der Waals surface area contributed by atoms with Crippen molar-refractivity contribution in [3.63, 3.8) is 0 Å². The van der Waals surface area contributed by atoms with Gasteiger partial charge in [0.15, 0.2) is 5.78 Å². The van der Waals surface area contributed by atoms with Crippen LogP contribution in [0.5, 0.6) is 0 Å². The fourth-order valence-electron chi connectivity index (χ4n) is 5.97. The summed E-state index contributed by atoms with van der Waals surface area (Å²) in [5.74, 6) is 4.52. The van der Waals surface area contributed by atoms with Gasteiger partial charge in [-0.25, -0.2) is 0 Å². The largest absolute Gasteiger partial charge is 0.385 e. The predicted octanol–water partition coefficient (Wildman–Crippen LogP) is 3.41. The molecule has 0 aromatic rings. The highest BCUT2D eigenvalue weighted by Gasteiger charge is 2.58. The van der Waals surface area contributed by atoms with Gasteiger partial charge in [0.2, 0.25) is 0 Å². The molecule has 5 atom stereocenters. The van der Waals surface area contributed by atoms with Gasteiger partial charge in [-0.15, -0.1) is 6.42 Å². The van der Waals surface area contributed by atoms with Gasteiger partial charge < -0.3 is 5.11 Å². The molecule has 0 aromatic heterocycles. The van der Waals surface area contributed by atoms with Crippen LogP contribution in [-0.2, 0) is 4.79 Å². The van der Waals surface area contributed by atoms with E-state index in [4.69, 9.17) is 6.42 Å². The van der Waals surface area contributed by atoms with Crippen LogP contribution < -0.4 is 0 Å². The van der Waals surface area contributed by atoms with Crippen molar-refractivity contribution >= 4 is 5.78 Å². The van der Waals surface area contributed by atoms with E-state index in [9.17, 15) is 9.90 Å². The lowest BCUT2D eigenvalue weighted by atomic mass is 9.50. The summed E-state index contributed by atoms with van der Waals surface area (Å²) < 4.78 is 0. The van der Waals surface area contributed by atoms with E-state index in [1.807, 2.05) is 0 Å². The van der Waals surface area contributed by atoms with E-state index in [-0.39, 0.29) is 11.2 Å². The summed E-state index contributed by atoms with van der Waals surface area (Å²) in [6, 6.07) is 0. The van der Waals surface area contributed by atoms with Crippen LogP contribution in [-0.4, -0.2) is 16.5 Å². The van der Waals surface area contributed by atoms with Gasteiger partial charge in [-0.2, -0.15) is 0 Å². The summed E-state index contributed by atoms with van der Waals surface area (Å²) in [5.41, 5.74) is 1.61. The van der Waals surface area contributed by atoms with Gasteiger partial charge in [-0.1, -0.05) is 18.9 Å². The highest BCUT2D eigenvalue weighted by Crippen LogP contribution is 2.62. The number of terminal acetylenes is 1. The average molecular weight is 296 g/mol. The monoisotopic (exact) mass is 296 g/mol. The third-order valence-electron chi connectivity index (χ3n) is 7.18. The first-order chi connectivity index (χ1) is 10.5. The van der Waals surface area contributed by atoms with Gasteiger partial charge >= 0.3 is 0 Å². The Bertz CT molecular complexity index is 635. The zero-order valence-electron chi connectivity index (χ0n) is 13.3. The van der Waals surface area contributed by atoms with E-state index in [1.165, 1.54) is 5.57 Å². The smallest absolute Gasteiger partial charge is 0.155 e. The summed E-state index contributed by atoms with van der Waals surface area (Å²) >= 11 is 0. The summed E-state index contributed by atoms with van der Waals surface area (Å²) in [6.07, 6.45) is 16.0. The van der Waals surface area contributed by atoms with Gasteiger partial charge in [-0.3, -0.25) is 4.79 Å². The Morgan fingerprint density at radius 2 is 2.09 bits per heavy atom. The molecule has 0 aliphatic heterocycles. The predicted molar refractivity (Wildman–Crippen MR) is 85.9 cm³/mol. The van der Waals surface area contributed by atoms with Crippen molar-refractivity contribution in [1.82, 2.24) is 0 Å². The quantitative estimate of drug-likeness (QED) is 0.696. The number of carbonyl (C=O) groups excluding carboxylic acids is 1. The fourth-order valence-corrected chi connectivity index (χ4v) is 5.97. The summed E-state index contributed by atoms with van der Waals surface area (Å²) in [5, 5.41) is 11.4. The van der Waals surface area contributed by atoms with E-state index >= 15 is 0 Å². The van der Waals surface area contributed by atoms with Crippen molar-refractivity contribution in [2.24, 2.45) is 23.2 Å². The molecule has 2 heteroatoms. The lowest BCUT2D eigenvalue weighted by Crippen LogP contribution is -2.54. The van der Waals surface area contributed by atoms with Crippen LogP contribution >= 0.6 is 0 Å². The van der Waals surface area contributed by atoms with Gasteiger partial charge in [0.1, 0.15) is 0 Å². The van der Waals surface area contributed by atoms with Crippen molar-refractivity contribution in [3.8, 4) is 12.3 Å². The Morgan fingerprint density at radius 1 is 1.27 bits per heavy atom. The minimum atomic E-state index is -0.725. The van der Waals surface area contributed by atoms with Crippen molar-refractivity contribution < 1.29 is 9.90 Å². The maximum atomic E-state index is 11.7. The molecular weight excluding hydrogens is 272 g/mol. The molecule has 116 valence electrons. The molecule has 2 fully saturated rings. The Hall–Kier alpha value is -1.33. The van der Waals surface area contributed by atoms with Crippen LogP contribution in [0.1, 0.15) is 51.9 Å². The molecule has 2 saturated carbocycles. The lowest BCUT2D eigenvalue weighted by Gasteiger charge is -2.56. The third-order valence-corrected chi connectivity index (χ3v) is 7.18. The number of rotatable bonds is 0. The van der Waals surface area contributed by atoms with Gasteiger partial charge in [0, 0.05) is 17.4 Å². The number of aliphatic hydroxyl groups is 1.